The van der Waals surface area contributed by atoms with E-state index >= 15 is 0 Å². The summed E-state index contributed by atoms with van der Waals surface area (Å²) >= 11 is 0. The number of para-hydroxylation sites is 1. The van der Waals surface area contributed by atoms with Gasteiger partial charge in [0.05, 0.1) is 0 Å². The highest BCUT2D eigenvalue weighted by atomic mass is 15.2. The lowest BCUT2D eigenvalue weighted by molar-refractivity contribution is 0.499. The third-order valence-corrected chi connectivity index (χ3v) is 3.11. The molecular weight excluding hydrogens is 184 g/mol. The molecule has 0 aliphatic carbocycles. The highest BCUT2D eigenvalue weighted by Crippen LogP contribution is 2.18. The summed E-state index contributed by atoms with van der Waals surface area (Å²) in [7, 11) is 0. The molecule has 1 atom stereocenters. The quantitative estimate of drug-likeness (QED) is 0.755. The number of nitrogens with one attached hydrogen (secondary N) is 1. The Labute approximate surface area is 92.3 Å². The van der Waals surface area contributed by atoms with Crippen LogP contribution >= 0.6 is 0 Å². The maximum Gasteiger partial charge on any atom is 0.0368 e. The molecule has 1 heterocycles. The van der Waals surface area contributed by atoms with Gasteiger partial charge in [-0.25, -0.2) is 0 Å². The molecule has 1 fully saturated rings. The molecule has 1 saturated heterocycles. The predicted octanol–water partition coefficient (Wildman–Crippen LogP) is 2.26. The van der Waals surface area contributed by atoms with E-state index in [0.717, 1.165) is 19.6 Å². The van der Waals surface area contributed by atoms with Gasteiger partial charge in [0.2, 0.25) is 0 Å². The third-order valence-electron chi connectivity index (χ3n) is 3.11. The largest absolute Gasteiger partial charge is 0.369 e. The van der Waals surface area contributed by atoms with Gasteiger partial charge >= 0.3 is 0 Å². The Morgan fingerprint density at radius 2 is 2.00 bits per heavy atom. The lowest BCUT2D eigenvalue weighted by Gasteiger charge is -2.33. The van der Waals surface area contributed by atoms with E-state index in [9.17, 15) is 0 Å². The molecule has 2 heteroatoms. The average Bonchev–Trinajstić information content (AvgIpc) is 2.25. The molecule has 0 aromatic heterocycles. The topological polar surface area (TPSA) is 15.3 Å². The Kier molecular flexibility index (Phi) is 3.62. The van der Waals surface area contributed by atoms with Crippen LogP contribution < -0.4 is 10.2 Å². The van der Waals surface area contributed by atoms with Crippen LogP contribution in [0.25, 0.3) is 0 Å². The Morgan fingerprint density at radius 3 is 2.80 bits per heavy atom. The molecule has 1 unspecified atom stereocenters. The van der Waals surface area contributed by atoms with E-state index in [1.807, 2.05) is 0 Å². The summed E-state index contributed by atoms with van der Waals surface area (Å²) in [5, 5.41) is 3.46. The van der Waals surface area contributed by atoms with Crippen LogP contribution in [0.3, 0.4) is 0 Å². The number of hydrogen-bond donors (Lipinski definition) is 1. The van der Waals surface area contributed by atoms with Crippen molar-refractivity contribution in [3.8, 4) is 0 Å². The van der Waals surface area contributed by atoms with Gasteiger partial charge < -0.3 is 10.2 Å². The number of anilines is 1. The van der Waals surface area contributed by atoms with Crippen LogP contribution in [0.2, 0.25) is 0 Å². The van der Waals surface area contributed by atoms with Crippen molar-refractivity contribution in [2.24, 2.45) is 0 Å². The van der Waals surface area contributed by atoms with Crippen molar-refractivity contribution in [1.29, 1.82) is 0 Å². The highest BCUT2D eigenvalue weighted by molar-refractivity contribution is 5.46. The lowest BCUT2D eigenvalue weighted by atomic mass is 10.1. The van der Waals surface area contributed by atoms with Crippen LogP contribution in [0.15, 0.2) is 30.3 Å². The van der Waals surface area contributed by atoms with Gasteiger partial charge in [0.1, 0.15) is 0 Å². The van der Waals surface area contributed by atoms with Crippen molar-refractivity contribution < 1.29 is 0 Å². The van der Waals surface area contributed by atoms with Gasteiger partial charge in [0.15, 0.2) is 0 Å². The molecule has 1 aliphatic rings. The van der Waals surface area contributed by atoms with E-state index in [0.29, 0.717) is 6.04 Å². The Bertz CT molecular complexity index is 284. The Balaban J connectivity index is 2.10. The van der Waals surface area contributed by atoms with Crippen molar-refractivity contribution in [2.45, 2.75) is 25.8 Å². The molecule has 1 aromatic rings. The Hall–Kier alpha value is -1.02. The van der Waals surface area contributed by atoms with Gasteiger partial charge in [-0.15, -0.1) is 0 Å². The van der Waals surface area contributed by atoms with E-state index in [2.05, 4.69) is 47.5 Å². The Morgan fingerprint density at radius 1 is 1.20 bits per heavy atom. The summed E-state index contributed by atoms with van der Waals surface area (Å²) in [5.74, 6) is 0. The fourth-order valence-corrected chi connectivity index (χ4v) is 2.19. The summed E-state index contributed by atoms with van der Waals surface area (Å²) in [6, 6.07) is 11.4. The molecule has 0 amide bonds. The SMILES string of the molecule is CC1CCNCCCN1c1ccccc1. The van der Waals surface area contributed by atoms with Gasteiger partial charge in [0, 0.05) is 18.3 Å². The predicted molar refractivity (Wildman–Crippen MR) is 65.4 cm³/mol. The molecule has 0 bridgehead atoms. The van der Waals surface area contributed by atoms with Crippen LogP contribution in [0.5, 0.6) is 0 Å². The van der Waals surface area contributed by atoms with Crippen molar-refractivity contribution in [3.63, 3.8) is 0 Å². The maximum atomic E-state index is 3.46. The molecular formula is C13H20N2. The van der Waals surface area contributed by atoms with Gasteiger partial charge in [-0.1, -0.05) is 18.2 Å². The van der Waals surface area contributed by atoms with Gasteiger partial charge in [-0.3, -0.25) is 0 Å². The smallest absolute Gasteiger partial charge is 0.0368 e. The van der Waals surface area contributed by atoms with Crippen LogP contribution in [0.1, 0.15) is 19.8 Å². The molecule has 0 saturated carbocycles. The highest BCUT2D eigenvalue weighted by Gasteiger charge is 2.15. The normalized spacial score (nSPS) is 23.3. The molecule has 82 valence electrons. The standard InChI is InChI=1S/C13H20N2/c1-12-8-10-14-9-5-11-15(12)13-6-3-2-4-7-13/h2-4,6-7,12,14H,5,8-11H2,1H3. The monoisotopic (exact) mass is 204 g/mol. The minimum Gasteiger partial charge on any atom is -0.369 e. The van der Waals surface area contributed by atoms with E-state index in [1.165, 1.54) is 18.5 Å². The second-order valence-corrected chi connectivity index (χ2v) is 4.27. The molecule has 0 spiro atoms. The van der Waals surface area contributed by atoms with Gasteiger partial charge in [-0.2, -0.15) is 0 Å². The van der Waals surface area contributed by atoms with Gasteiger partial charge in [-0.05, 0) is 45.0 Å². The summed E-state index contributed by atoms with van der Waals surface area (Å²) in [4.78, 5) is 2.53. The minimum atomic E-state index is 0.639. The zero-order chi connectivity index (χ0) is 10.5. The second kappa shape index (κ2) is 5.17. The van der Waals surface area contributed by atoms with E-state index < -0.39 is 0 Å². The molecule has 1 aliphatic heterocycles. The molecule has 1 N–H and O–H groups in total. The first-order valence-corrected chi connectivity index (χ1v) is 5.90. The first-order valence-electron chi connectivity index (χ1n) is 5.90. The summed E-state index contributed by atoms with van der Waals surface area (Å²) in [6.45, 7) is 5.78. The summed E-state index contributed by atoms with van der Waals surface area (Å²) in [6.07, 6.45) is 2.47. The number of nitrogens with zero attached hydrogens (tertiary/aromatic N) is 1. The number of benzene rings is 1. The molecule has 1 aromatic carbocycles. The molecule has 2 rings (SSSR count). The summed E-state index contributed by atoms with van der Waals surface area (Å²) < 4.78 is 0. The van der Waals surface area contributed by atoms with Crippen LogP contribution in [0.4, 0.5) is 5.69 Å². The fourth-order valence-electron chi connectivity index (χ4n) is 2.19. The van der Waals surface area contributed by atoms with Crippen molar-refractivity contribution >= 4 is 5.69 Å². The van der Waals surface area contributed by atoms with Gasteiger partial charge in [0.25, 0.3) is 0 Å². The van der Waals surface area contributed by atoms with Crippen LogP contribution in [0, 0.1) is 0 Å². The fraction of sp³-hybridized carbons (Fsp3) is 0.538. The number of hydrogen-bond acceptors (Lipinski definition) is 2. The number of rotatable bonds is 1. The molecule has 0 radical (unpaired) electrons. The second-order valence-electron chi connectivity index (χ2n) is 4.27. The van der Waals surface area contributed by atoms with E-state index in [-0.39, 0.29) is 0 Å². The minimum absolute atomic E-state index is 0.639. The van der Waals surface area contributed by atoms with Crippen LogP contribution in [-0.2, 0) is 0 Å². The first kappa shape index (κ1) is 10.5. The zero-order valence-electron chi connectivity index (χ0n) is 9.45. The van der Waals surface area contributed by atoms with Crippen molar-refractivity contribution in [2.75, 3.05) is 24.5 Å². The van der Waals surface area contributed by atoms with Crippen LogP contribution in [-0.4, -0.2) is 25.7 Å². The average molecular weight is 204 g/mol. The van der Waals surface area contributed by atoms with Crippen molar-refractivity contribution in [1.82, 2.24) is 5.32 Å². The maximum absolute atomic E-state index is 3.46. The summed E-state index contributed by atoms with van der Waals surface area (Å²) in [5.41, 5.74) is 1.37. The molecule has 15 heavy (non-hydrogen) atoms. The van der Waals surface area contributed by atoms with E-state index in [1.54, 1.807) is 0 Å². The lowest BCUT2D eigenvalue weighted by Crippen LogP contribution is -2.40. The molecule has 2 nitrogen and oxygen atoms in total. The first-order chi connectivity index (χ1) is 7.38. The van der Waals surface area contributed by atoms with E-state index in [4.69, 9.17) is 0 Å². The third kappa shape index (κ3) is 2.72. The zero-order valence-corrected chi connectivity index (χ0v) is 9.45. The van der Waals surface area contributed by atoms with Crippen molar-refractivity contribution in [3.05, 3.63) is 30.3 Å².